The quantitative estimate of drug-likeness (QED) is 0.581. The lowest BCUT2D eigenvalue weighted by Crippen LogP contribution is -1.66. The Labute approximate surface area is 63.8 Å². The zero-order chi connectivity index (χ0) is 6.69. The van der Waals surface area contributed by atoms with Crippen molar-refractivity contribution in [2.45, 2.75) is 6.42 Å². The van der Waals surface area contributed by atoms with Crippen molar-refractivity contribution in [3.8, 4) is 0 Å². The van der Waals surface area contributed by atoms with Crippen molar-refractivity contribution in [1.82, 2.24) is 0 Å². The van der Waals surface area contributed by atoms with Crippen LogP contribution in [0.25, 0.3) is 0 Å². The minimum Gasteiger partial charge on any atom is -0.128 e. The molecule has 0 aliphatic rings. The Morgan fingerprint density at radius 1 is 1.67 bits per heavy atom. The highest BCUT2D eigenvalue weighted by Crippen LogP contribution is 2.21. The fourth-order valence-corrected chi connectivity index (χ4v) is 1.69. The number of hydrogen-bond donors (Lipinski definition) is 0. The van der Waals surface area contributed by atoms with Gasteiger partial charge in [0.2, 0.25) is 0 Å². The van der Waals surface area contributed by atoms with Crippen molar-refractivity contribution in [2.24, 2.45) is 0 Å². The number of hydrogen-bond acceptors (Lipinski definition) is 1. The van der Waals surface area contributed by atoms with Gasteiger partial charge in [0.05, 0.1) is 4.34 Å². The van der Waals surface area contributed by atoms with Gasteiger partial charge in [-0.25, -0.2) is 0 Å². The number of allylic oxidation sites excluding steroid dienone is 1. The Balaban J connectivity index is 2.72. The second kappa shape index (κ2) is 3.04. The van der Waals surface area contributed by atoms with E-state index in [4.69, 9.17) is 11.6 Å². The first-order chi connectivity index (χ1) is 4.33. The first-order valence-corrected chi connectivity index (χ1v) is 3.87. The van der Waals surface area contributed by atoms with Gasteiger partial charge in [-0.2, -0.15) is 0 Å². The summed E-state index contributed by atoms with van der Waals surface area (Å²) in [7, 11) is 0. The molecule has 1 heterocycles. The summed E-state index contributed by atoms with van der Waals surface area (Å²) < 4.78 is 0.854. The highest BCUT2D eigenvalue weighted by molar-refractivity contribution is 7.16. The normalized spacial score (nSPS) is 9.44. The van der Waals surface area contributed by atoms with Gasteiger partial charge in [0.25, 0.3) is 0 Å². The molecule has 0 saturated heterocycles. The van der Waals surface area contributed by atoms with Crippen molar-refractivity contribution in [3.05, 3.63) is 34.0 Å². The molecule has 48 valence electrons. The van der Waals surface area contributed by atoms with Gasteiger partial charge >= 0.3 is 0 Å². The molecule has 1 aromatic heterocycles. The molecule has 0 bridgehead atoms. The molecule has 0 aliphatic heterocycles. The third-order valence-corrected chi connectivity index (χ3v) is 2.23. The zero-order valence-corrected chi connectivity index (χ0v) is 6.50. The summed E-state index contributed by atoms with van der Waals surface area (Å²) in [4.78, 5) is 1.27. The molecule has 2 heteroatoms. The van der Waals surface area contributed by atoms with Crippen molar-refractivity contribution in [3.63, 3.8) is 0 Å². The number of halogens is 1. The molecule has 0 radical (unpaired) electrons. The van der Waals surface area contributed by atoms with E-state index in [9.17, 15) is 0 Å². The minimum atomic E-state index is 0.854. The Kier molecular flexibility index (Phi) is 2.31. The third kappa shape index (κ3) is 1.84. The monoisotopic (exact) mass is 158 g/mol. The molecule has 0 nitrogen and oxygen atoms in total. The van der Waals surface area contributed by atoms with E-state index in [0.717, 1.165) is 10.8 Å². The van der Waals surface area contributed by atoms with Crippen LogP contribution in [0.15, 0.2) is 24.8 Å². The van der Waals surface area contributed by atoms with E-state index >= 15 is 0 Å². The van der Waals surface area contributed by atoms with Crippen LogP contribution in [0, 0.1) is 0 Å². The summed E-state index contributed by atoms with van der Waals surface area (Å²) in [6.07, 6.45) is 2.81. The summed E-state index contributed by atoms with van der Waals surface area (Å²) >= 11 is 7.29. The molecular formula is C7H7ClS. The molecule has 9 heavy (non-hydrogen) atoms. The van der Waals surface area contributed by atoms with E-state index in [1.54, 1.807) is 11.3 Å². The van der Waals surface area contributed by atoms with Crippen molar-refractivity contribution < 1.29 is 0 Å². The van der Waals surface area contributed by atoms with E-state index in [1.807, 2.05) is 18.2 Å². The Bertz CT molecular complexity index is 202. The van der Waals surface area contributed by atoms with Crippen LogP contribution in [0.4, 0.5) is 0 Å². The van der Waals surface area contributed by atoms with Gasteiger partial charge in [0.15, 0.2) is 0 Å². The molecule has 0 saturated carbocycles. The van der Waals surface area contributed by atoms with Gasteiger partial charge in [-0.05, 0) is 18.6 Å². The Hall–Kier alpha value is -0.270. The second-order valence-electron chi connectivity index (χ2n) is 1.70. The maximum atomic E-state index is 5.68. The van der Waals surface area contributed by atoms with Gasteiger partial charge in [-0.1, -0.05) is 17.7 Å². The van der Waals surface area contributed by atoms with E-state index in [-0.39, 0.29) is 0 Å². The van der Waals surface area contributed by atoms with Crippen LogP contribution >= 0.6 is 22.9 Å². The van der Waals surface area contributed by atoms with Gasteiger partial charge in [0, 0.05) is 4.88 Å². The lowest BCUT2D eigenvalue weighted by atomic mass is 10.3. The maximum Gasteiger partial charge on any atom is 0.0931 e. The van der Waals surface area contributed by atoms with Crippen LogP contribution < -0.4 is 0 Å². The second-order valence-corrected chi connectivity index (χ2v) is 3.50. The van der Waals surface area contributed by atoms with Gasteiger partial charge in [0.1, 0.15) is 0 Å². The van der Waals surface area contributed by atoms with E-state index in [2.05, 4.69) is 6.58 Å². The summed E-state index contributed by atoms with van der Waals surface area (Å²) in [5.74, 6) is 0. The average molecular weight is 159 g/mol. The Morgan fingerprint density at radius 2 is 2.44 bits per heavy atom. The van der Waals surface area contributed by atoms with Crippen molar-refractivity contribution >= 4 is 22.9 Å². The van der Waals surface area contributed by atoms with Crippen LogP contribution in [0.1, 0.15) is 4.88 Å². The SMILES string of the molecule is C=CCc1ccc(Cl)s1. The zero-order valence-electron chi connectivity index (χ0n) is 4.93. The lowest BCUT2D eigenvalue weighted by molar-refractivity contribution is 1.36. The summed E-state index contributed by atoms with van der Waals surface area (Å²) in [6, 6.07) is 3.93. The molecule has 1 aromatic rings. The van der Waals surface area contributed by atoms with E-state index in [0.29, 0.717) is 0 Å². The van der Waals surface area contributed by atoms with Gasteiger partial charge in [-0.15, -0.1) is 17.9 Å². The summed E-state index contributed by atoms with van der Waals surface area (Å²) in [6.45, 7) is 3.63. The standard InChI is InChI=1S/C7H7ClS/c1-2-3-6-4-5-7(8)9-6/h2,4-5H,1,3H2. The highest BCUT2D eigenvalue weighted by Gasteiger charge is 1.92. The minimum absolute atomic E-state index is 0.854. The summed E-state index contributed by atoms with van der Waals surface area (Å²) in [5, 5.41) is 0. The fourth-order valence-electron chi connectivity index (χ4n) is 0.604. The molecule has 0 atom stereocenters. The predicted molar refractivity (Wildman–Crippen MR) is 43.2 cm³/mol. The van der Waals surface area contributed by atoms with Crippen molar-refractivity contribution in [1.29, 1.82) is 0 Å². The van der Waals surface area contributed by atoms with Crippen molar-refractivity contribution in [2.75, 3.05) is 0 Å². The average Bonchev–Trinajstić information content (AvgIpc) is 2.17. The predicted octanol–water partition coefficient (Wildman–Crippen LogP) is 3.13. The topological polar surface area (TPSA) is 0 Å². The third-order valence-electron chi connectivity index (χ3n) is 0.974. The highest BCUT2D eigenvalue weighted by atomic mass is 35.5. The molecule has 0 aliphatic carbocycles. The first kappa shape index (κ1) is 6.84. The maximum absolute atomic E-state index is 5.68. The van der Waals surface area contributed by atoms with Crippen LogP contribution in [-0.4, -0.2) is 0 Å². The largest absolute Gasteiger partial charge is 0.128 e. The molecule has 0 unspecified atom stereocenters. The van der Waals surface area contributed by atoms with E-state index in [1.165, 1.54) is 4.88 Å². The molecule has 1 rings (SSSR count). The van der Waals surface area contributed by atoms with Gasteiger partial charge in [-0.3, -0.25) is 0 Å². The van der Waals surface area contributed by atoms with Gasteiger partial charge < -0.3 is 0 Å². The molecular weight excluding hydrogens is 152 g/mol. The summed E-state index contributed by atoms with van der Waals surface area (Å²) in [5.41, 5.74) is 0. The molecule has 0 fully saturated rings. The van der Waals surface area contributed by atoms with Crippen LogP contribution in [-0.2, 0) is 6.42 Å². The lowest BCUT2D eigenvalue weighted by Gasteiger charge is -1.82. The first-order valence-electron chi connectivity index (χ1n) is 2.68. The van der Waals surface area contributed by atoms with E-state index < -0.39 is 0 Å². The molecule has 0 amide bonds. The Morgan fingerprint density at radius 3 is 2.89 bits per heavy atom. The molecule has 0 spiro atoms. The van der Waals surface area contributed by atoms with Crippen LogP contribution in [0.2, 0.25) is 4.34 Å². The molecule has 0 aromatic carbocycles. The van der Waals surface area contributed by atoms with Crippen LogP contribution in [0.5, 0.6) is 0 Å². The smallest absolute Gasteiger partial charge is 0.0931 e. The number of thiophene rings is 1. The number of rotatable bonds is 2. The van der Waals surface area contributed by atoms with Crippen LogP contribution in [0.3, 0.4) is 0 Å². The molecule has 0 N–H and O–H groups in total. The fraction of sp³-hybridized carbons (Fsp3) is 0.143.